The minimum absolute atomic E-state index is 0.0565. The molecule has 0 unspecified atom stereocenters. The van der Waals surface area contributed by atoms with E-state index in [-0.39, 0.29) is 12.4 Å². The van der Waals surface area contributed by atoms with Crippen LogP contribution in [0.3, 0.4) is 0 Å². The first-order chi connectivity index (χ1) is 9.21. The SMILES string of the molecule is CCCc1cc(CO)cc(Oc2ccc(F)cc2)n1. The lowest BCUT2D eigenvalue weighted by Gasteiger charge is -2.08. The van der Waals surface area contributed by atoms with Crippen LogP contribution in [0, 0.1) is 5.82 Å². The molecule has 0 saturated carbocycles. The molecule has 1 heterocycles. The second-order valence-electron chi connectivity index (χ2n) is 4.27. The number of nitrogens with zero attached hydrogens (tertiary/aromatic N) is 1. The molecule has 3 nitrogen and oxygen atoms in total. The molecule has 2 rings (SSSR count). The Morgan fingerprint density at radius 3 is 2.58 bits per heavy atom. The van der Waals surface area contributed by atoms with Crippen LogP contribution >= 0.6 is 0 Å². The maximum Gasteiger partial charge on any atom is 0.219 e. The van der Waals surface area contributed by atoms with Gasteiger partial charge in [0, 0.05) is 11.8 Å². The van der Waals surface area contributed by atoms with E-state index in [1.807, 2.05) is 6.07 Å². The monoisotopic (exact) mass is 261 g/mol. The molecule has 0 radical (unpaired) electrons. The number of halogens is 1. The maximum atomic E-state index is 12.8. The number of benzene rings is 1. The van der Waals surface area contributed by atoms with Crippen molar-refractivity contribution in [3.05, 3.63) is 53.5 Å². The molecule has 0 amide bonds. The molecule has 0 aliphatic heterocycles. The van der Waals surface area contributed by atoms with Gasteiger partial charge in [0.1, 0.15) is 11.6 Å². The number of hydrogen-bond donors (Lipinski definition) is 1. The van der Waals surface area contributed by atoms with Gasteiger partial charge in [-0.15, -0.1) is 0 Å². The van der Waals surface area contributed by atoms with Gasteiger partial charge in [-0.3, -0.25) is 0 Å². The summed E-state index contributed by atoms with van der Waals surface area (Å²) in [6.45, 7) is 2.01. The Labute approximate surface area is 111 Å². The first-order valence-electron chi connectivity index (χ1n) is 6.25. The summed E-state index contributed by atoms with van der Waals surface area (Å²) in [6.07, 6.45) is 1.80. The topological polar surface area (TPSA) is 42.4 Å². The molecular formula is C15H16FNO2. The summed E-state index contributed by atoms with van der Waals surface area (Å²) >= 11 is 0. The van der Waals surface area contributed by atoms with Gasteiger partial charge < -0.3 is 9.84 Å². The van der Waals surface area contributed by atoms with E-state index in [4.69, 9.17) is 4.74 Å². The van der Waals surface area contributed by atoms with Gasteiger partial charge in [-0.25, -0.2) is 9.37 Å². The van der Waals surface area contributed by atoms with Gasteiger partial charge in [0.15, 0.2) is 0 Å². The molecule has 4 heteroatoms. The fourth-order valence-corrected chi connectivity index (χ4v) is 1.77. The zero-order chi connectivity index (χ0) is 13.7. The molecule has 2 aromatic rings. The Balaban J connectivity index is 2.23. The van der Waals surface area contributed by atoms with Gasteiger partial charge in [0.25, 0.3) is 0 Å². The van der Waals surface area contributed by atoms with Crippen LogP contribution in [-0.4, -0.2) is 10.1 Å². The highest BCUT2D eigenvalue weighted by Crippen LogP contribution is 2.22. The molecular weight excluding hydrogens is 245 g/mol. The lowest BCUT2D eigenvalue weighted by Crippen LogP contribution is -1.97. The van der Waals surface area contributed by atoms with E-state index in [1.165, 1.54) is 12.1 Å². The van der Waals surface area contributed by atoms with Crippen molar-refractivity contribution in [3.63, 3.8) is 0 Å². The molecule has 0 saturated heterocycles. The summed E-state index contributed by atoms with van der Waals surface area (Å²) in [5, 5.41) is 9.22. The van der Waals surface area contributed by atoms with E-state index in [0.717, 1.165) is 24.1 Å². The first-order valence-corrected chi connectivity index (χ1v) is 6.25. The van der Waals surface area contributed by atoms with E-state index in [1.54, 1.807) is 18.2 Å². The van der Waals surface area contributed by atoms with Crippen molar-refractivity contribution in [3.8, 4) is 11.6 Å². The van der Waals surface area contributed by atoms with Gasteiger partial charge in [0.2, 0.25) is 5.88 Å². The number of rotatable bonds is 5. The third-order valence-electron chi connectivity index (χ3n) is 2.64. The summed E-state index contributed by atoms with van der Waals surface area (Å²) < 4.78 is 18.4. The zero-order valence-electron chi connectivity index (χ0n) is 10.8. The number of aliphatic hydroxyl groups excluding tert-OH is 1. The van der Waals surface area contributed by atoms with Crippen LogP contribution in [0.4, 0.5) is 4.39 Å². The van der Waals surface area contributed by atoms with E-state index in [2.05, 4.69) is 11.9 Å². The molecule has 0 fully saturated rings. The maximum absolute atomic E-state index is 12.8. The standard InChI is InChI=1S/C15H16FNO2/c1-2-3-13-8-11(10-18)9-15(17-13)19-14-6-4-12(16)5-7-14/h4-9,18H,2-3,10H2,1H3. The molecule has 19 heavy (non-hydrogen) atoms. The van der Waals surface area contributed by atoms with Crippen molar-refractivity contribution in [2.75, 3.05) is 0 Å². The number of aryl methyl sites for hydroxylation is 1. The molecule has 1 N–H and O–H groups in total. The summed E-state index contributed by atoms with van der Waals surface area (Å²) in [5.74, 6) is 0.629. The number of hydrogen-bond acceptors (Lipinski definition) is 3. The van der Waals surface area contributed by atoms with Crippen molar-refractivity contribution in [1.82, 2.24) is 4.98 Å². The molecule has 0 aliphatic rings. The highest BCUT2D eigenvalue weighted by atomic mass is 19.1. The fourth-order valence-electron chi connectivity index (χ4n) is 1.77. The van der Waals surface area contributed by atoms with Crippen LogP contribution < -0.4 is 4.74 Å². The van der Waals surface area contributed by atoms with E-state index in [9.17, 15) is 9.50 Å². The Morgan fingerprint density at radius 2 is 1.95 bits per heavy atom. The average Bonchev–Trinajstić information content (AvgIpc) is 2.41. The Morgan fingerprint density at radius 1 is 1.21 bits per heavy atom. The molecule has 1 aromatic carbocycles. The van der Waals surface area contributed by atoms with Gasteiger partial charge in [0.05, 0.1) is 6.61 Å². The minimum Gasteiger partial charge on any atom is -0.439 e. The minimum atomic E-state index is -0.309. The van der Waals surface area contributed by atoms with Crippen LogP contribution in [0.15, 0.2) is 36.4 Å². The van der Waals surface area contributed by atoms with Crippen molar-refractivity contribution in [2.24, 2.45) is 0 Å². The molecule has 1 aromatic heterocycles. The first kappa shape index (κ1) is 13.5. The molecule has 0 spiro atoms. The van der Waals surface area contributed by atoms with E-state index >= 15 is 0 Å². The number of pyridine rings is 1. The lowest BCUT2D eigenvalue weighted by atomic mass is 10.2. The van der Waals surface area contributed by atoms with Crippen LogP contribution in [0.2, 0.25) is 0 Å². The normalized spacial score (nSPS) is 10.5. The Hall–Kier alpha value is -1.94. The van der Waals surface area contributed by atoms with Crippen LogP contribution in [0.5, 0.6) is 11.6 Å². The summed E-state index contributed by atoms with van der Waals surface area (Å²) in [5.41, 5.74) is 1.64. The van der Waals surface area contributed by atoms with Gasteiger partial charge in [-0.2, -0.15) is 0 Å². The molecule has 0 atom stereocenters. The number of aliphatic hydroxyl groups is 1. The van der Waals surface area contributed by atoms with Gasteiger partial charge in [-0.05, 0) is 42.3 Å². The summed E-state index contributed by atoms with van der Waals surface area (Å²) in [7, 11) is 0. The third-order valence-corrected chi connectivity index (χ3v) is 2.64. The summed E-state index contributed by atoms with van der Waals surface area (Å²) in [6, 6.07) is 9.30. The van der Waals surface area contributed by atoms with Gasteiger partial charge >= 0.3 is 0 Å². The Bertz CT molecular complexity index is 540. The molecule has 100 valence electrons. The number of ether oxygens (including phenoxy) is 1. The summed E-state index contributed by atoms with van der Waals surface area (Å²) in [4.78, 5) is 4.36. The Kier molecular flexibility index (Phi) is 4.47. The quantitative estimate of drug-likeness (QED) is 0.896. The second-order valence-corrected chi connectivity index (χ2v) is 4.27. The van der Waals surface area contributed by atoms with Crippen molar-refractivity contribution in [1.29, 1.82) is 0 Å². The smallest absolute Gasteiger partial charge is 0.219 e. The lowest BCUT2D eigenvalue weighted by molar-refractivity contribution is 0.280. The largest absolute Gasteiger partial charge is 0.439 e. The predicted octanol–water partition coefficient (Wildman–Crippen LogP) is 3.46. The number of aromatic nitrogens is 1. The van der Waals surface area contributed by atoms with E-state index < -0.39 is 0 Å². The van der Waals surface area contributed by atoms with Crippen molar-refractivity contribution in [2.45, 2.75) is 26.4 Å². The average molecular weight is 261 g/mol. The van der Waals surface area contributed by atoms with E-state index in [0.29, 0.717) is 11.6 Å². The highest BCUT2D eigenvalue weighted by Gasteiger charge is 2.04. The second kappa shape index (κ2) is 6.29. The fraction of sp³-hybridized carbons (Fsp3) is 0.267. The molecule has 0 bridgehead atoms. The van der Waals surface area contributed by atoms with Crippen LogP contribution in [0.1, 0.15) is 24.6 Å². The van der Waals surface area contributed by atoms with Crippen LogP contribution in [0.25, 0.3) is 0 Å². The predicted molar refractivity (Wildman–Crippen MR) is 70.6 cm³/mol. The molecule has 0 aliphatic carbocycles. The van der Waals surface area contributed by atoms with Crippen molar-refractivity contribution >= 4 is 0 Å². The van der Waals surface area contributed by atoms with Crippen LogP contribution in [-0.2, 0) is 13.0 Å². The zero-order valence-corrected chi connectivity index (χ0v) is 10.8. The van der Waals surface area contributed by atoms with Gasteiger partial charge in [-0.1, -0.05) is 13.3 Å². The third kappa shape index (κ3) is 3.76. The van der Waals surface area contributed by atoms with Crippen molar-refractivity contribution < 1.29 is 14.2 Å². The highest BCUT2D eigenvalue weighted by molar-refractivity contribution is 5.30.